The van der Waals surface area contributed by atoms with Crippen molar-refractivity contribution >= 4 is 45.8 Å². The molecule has 2 N–H and O–H groups in total. The summed E-state index contributed by atoms with van der Waals surface area (Å²) in [6.45, 7) is 2.91. The van der Waals surface area contributed by atoms with E-state index in [4.69, 9.17) is 0 Å². The minimum atomic E-state index is -0.113. The molecule has 0 atom stereocenters. The van der Waals surface area contributed by atoms with Gasteiger partial charge in [-0.05, 0) is 40.8 Å². The van der Waals surface area contributed by atoms with Crippen LogP contribution in [0.1, 0.15) is 13.8 Å². The predicted octanol–water partition coefficient (Wildman–Crippen LogP) is 2.21. The van der Waals surface area contributed by atoms with Crippen LogP contribution in [0, 0.1) is 3.57 Å². The van der Waals surface area contributed by atoms with Gasteiger partial charge in [0.1, 0.15) is 0 Å². The minimum Gasteiger partial charge on any atom is -0.326 e. The van der Waals surface area contributed by atoms with Crippen molar-refractivity contribution in [1.82, 2.24) is 0 Å². The maximum Gasteiger partial charge on any atom is 0.221 e. The Balaban J connectivity index is 2.87. The average Bonchev–Trinajstić information content (AvgIpc) is 2.08. The molecule has 80 valence electrons. The normalized spacial score (nSPS) is 9.53. The number of carbonyl (C=O) groups is 2. The summed E-state index contributed by atoms with van der Waals surface area (Å²) >= 11 is 2.10. The lowest BCUT2D eigenvalue weighted by atomic mass is 10.2. The zero-order valence-corrected chi connectivity index (χ0v) is 10.6. The Morgan fingerprint density at radius 1 is 1.13 bits per heavy atom. The second-order valence-electron chi connectivity index (χ2n) is 3.06. The van der Waals surface area contributed by atoms with Crippen LogP contribution in [0.2, 0.25) is 0 Å². The van der Waals surface area contributed by atoms with Gasteiger partial charge < -0.3 is 10.6 Å². The van der Waals surface area contributed by atoms with E-state index in [1.807, 2.05) is 0 Å². The third kappa shape index (κ3) is 3.86. The van der Waals surface area contributed by atoms with Gasteiger partial charge in [0.2, 0.25) is 11.8 Å². The largest absolute Gasteiger partial charge is 0.326 e. The lowest BCUT2D eigenvalue weighted by molar-refractivity contribution is -0.115. The highest BCUT2D eigenvalue weighted by Gasteiger charge is 2.03. The molecule has 2 amide bonds. The number of nitrogens with one attached hydrogen (secondary N) is 2. The van der Waals surface area contributed by atoms with E-state index in [1.54, 1.807) is 18.2 Å². The molecule has 5 heteroatoms. The number of carbonyl (C=O) groups excluding carboxylic acids is 2. The van der Waals surface area contributed by atoms with E-state index in [0.717, 1.165) is 14.9 Å². The van der Waals surface area contributed by atoms with Gasteiger partial charge in [-0.2, -0.15) is 0 Å². The Bertz CT molecular complexity index is 404. The molecule has 0 heterocycles. The molecule has 0 spiro atoms. The molecule has 0 aliphatic rings. The number of anilines is 2. The maximum atomic E-state index is 10.8. The number of benzene rings is 1. The highest BCUT2D eigenvalue weighted by atomic mass is 127. The Morgan fingerprint density at radius 2 is 1.73 bits per heavy atom. The van der Waals surface area contributed by atoms with E-state index in [0.29, 0.717) is 0 Å². The standard InChI is InChI=1S/C10H11IN2O2/c1-6(14)12-8-3-4-10(9(11)5-8)13-7(2)15/h3-5H,1-2H3,(H,12,14)(H,13,15). The van der Waals surface area contributed by atoms with E-state index >= 15 is 0 Å². The van der Waals surface area contributed by atoms with Gasteiger partial charge in [0, 0.05) is 23.1 Å². The van der Waals surface area contributed by atoms with Gasteiger partial charge in [0.15, 0.2) is 0 Å². The van der Waals surface area contributed by atoms with Crippen molar-refractivity contribution in [2.24, 2.45) is 0 Å². The van der Waals surface area contributed by atoms with E-state index in [-0.39, 0.29) is 11.8 Å². The highest BCUT2D eigenvalue weighted by molar-refractivity contribution is 14.1. The van der Waals surface area contributed by atoms with Gasteiger partial charge in [-0.3, -0.25) is 9.59 Å². The molecule has 1 aromatic carbocycles. The molecule has 0 unspecified atom stereocenters. The van der Waals surface area contributed by atoms with Gasteiger partial charge in [-0.1, -0.05) is 0 Å². The number of amides is 2. The summed E-state index contributed by atoms with van der Waals surface area (Å²) in [5.74, 6) is -0.224. The quantitative estimate of drug-likeness (QED) is 0.822. The van der Waals surface area contributed by atoms with E-state index < -0.39 is 0 Å². The van der Waals surface area contributed by atoms with Crippen molar-refractivity contribution in [3.05, 3.63) is 21.8 Å². The number of hydrogen-bond acceptors (Lipinski definition) is 2. The van der Waals surface area contributed by atoms with Crippen LogP contribution in [0.15, 0.2) is 18.2 Å². The number of rotatable bonds is 2. The third-order valence-corrected chi connectivity index (χ3v) is 2.49. The molecule has 0 bridgehead atoms. The van der Waals surface area contributed by atoms with Crippen LogP contribution in [0.5, 0.6) is 0 Å². The van der Waals surface area contributed by atoms with Crippen LogP contribution in [0.4, 0.5) is 11.4 Å². The molecule has 15 heavy (non-hydrogen) atoms. The molecule has 1 aromatic rings. The van der Waals surface area contributed by atoms with Gasteiger partial charge in [-0.25, -0.2) is 0 Å². The fraction of sp³-hybridized carbons (Fsp3) is 0.200. The first-order chi connectivity index (χ1) is 6.99. The first-order valence-electron chi connectivity index (χ1n) is 4.34. The van der Waals surface area contributed by atoms with Crippen molar-refractivity contribution in [3.8, 4) is 0 Å². The van der Waals surface area contributed by atoms with Crippen molar-refractivity contribution in [2.45, 2.75) is 13.8 Å². The van der Waals surface area contributed by atoms with Crippen LogP contribution >= 0.6 is 22.6 Å². The van der Waals surface area contributed by atoms with Gasteiger partial charge >= 0.3 is 0 Å². The smallest absolute Gasteiger partial charge is 0.221 e. The molecule has 0 aliphatic heterocycles. The van der Waals surface area contributed by atoms with Crippen molar-refractivity contribution in [1.29, 1.82) is 0 Å². The Hall–Kier alpha value is -1.11. The third-order valence-electron chi connectivity index (χ3n) is 1.60. The zero-order valence-electron chi connectivity index (χ0n) is 8.43. The SMILES string of the molecule is CC(=O)Nc1ccc(NC(C)=O)c(I)c1. The molecule has 0 aromatic heterocycles. The highest BCUT2D eigenvalue weighted by Crippen LogP contribution is 2.22. The van der Waals surface area contributed by atoms with Gasteiger partial charge in [-0.15, -0.1) is 0 Å². The first kappa shape index (κ1) is 12.0. The van der Waals surface area contributed by atoms with E-state index in [9.17, 15) is 9.59 Å². The summed E-state index contributed by atoms with van der Waals surface area (Å²) in [7, 11) is 0. The molecule has 4 nitrogen and oxygen atoms in total. The summed E-state index contributed by atoms with van der Waals surface area (Å²) in [6, 6.07) is 5.30. The lowest BCUT2D eigenvalue weighted by Gasteiger charge is -2.07. The molecular formula is C10H11IN2O2. The average molecular weight is 318 g/mol. The van der Waals surface area contributed by atoms with Crippen LogP contribution in [0.25, 0.3) is 0 Å². The molecule has 1 rings (SSSR count). The van der Waals surface area contributed by atoms with Crippen molar-refractivity contribution in [2.75, 3.05) is 10.6 Å². The van der Waals surface area contributed by atoms with Crippen LogP contribution < -0.4 is 10.6 Å². The number of hydrogen-bond donors (Lipinski definition) is 2. The van der Waals surface area contributed by atoms with Crippen molar-refractivity contribution in [3.63, 3.8) is 0 Å². The maximum absolute atomic E-state index is 10.8. The van der Waals surface area contributed by atoms with Crippen LogP contribution in [-0.4, -0.2) is 11.8 Å². The zero-order chi connectivity index (χ0) is 11.4. The Morgan fingerprint density at radius 3 is 2.20 bits per heavy atom. The molecule has 0 saturated carbocycles. The van der Waals surface area contributed by atoms with E-state index in [2.05, 4.69) is 33.2 Å². The van der Waals surface area contributed by atoms with Gasteiger partial charge in [0.05, 0.1) is 5.69 Å². The Kier molecular flexibility index (Phi) is 4.07. The molecule has 0 radical (unpaired) electrons. The van der Waals surface area contributed by atoms with Gasteiger partial charge in [0.25, 0.3) is 0 Å². The lowest BCUT2D eigenvalue weighted by Crippen LogP contribution is -2.09. The van der Waals surface area contributed by atoms with Crippen LogP contribution in [-0.2, 0) is 9.59 Å². The fourth-order valence-corrected chi connectivity index (χ4v) is 1.74. The fourth-order valence-electron chi connectivity index (χ4n) is 1.09. The summed E-state index contributed by atoms with van der Waals surface area (Å²) in [5, 5.41) is 5.36. The molecule has 0 saturated heterocycles. The topological polar surface area (TPSA) is 58.2 Å². The number of halogens is 1. The summed E-state index contributed by atoms with van der Waals surface area (Å²) in [6.07, 6.45) is 0. The minimum absolute atomic E-state index is 0.111. The molecule has 0 aliphatic carbocycles. The molecule has 0 fully saturated rings. The predicted molar refractivity (Wildman–Crippen MR) is 67.8 cm³/mol. The van der Waals surface area contributed by atoms with Crippen LogP contribution in [0.3, 0.4) is 0 Å². The first-order valence-corrected chi connectivity index (χ1v) is 5.41. The second kappa shape index (κ2) is 5.11. The van der Waals surface area contributed by atoms with E-state index in [1.165, 1.54) is 13.8 Å². The monoisotopic (exact) mass is 318 g/mol. The summed E-state index contributed by atoms with van der Waals surface area (Å²) in [4.78, 5) is 21.6. The Labute approximate surface area is 102 Å². The second-order valence-corrected chi connectivity index (χ2v) is 4.22. The van der Waals surface area contributed by atoms with Crippen molar-refractivity contribution < 1.29 is 9.59 Å². The molecular weight excluding hydrogens is 307 g/mol. The summed E-state index contributed by atoms with van der Waals surface area (Å²) < 4.78 is 0.883. The summed E-state index contributed by atoms with van der Waals surface area (Å²) in [5.41, 5.74) is 1.47.